The zero-order chi connectivity index (χ0) is 22.9. The van der Waals surface area contributed by atoms with Gasteiger partial charge in [0.1, 0.15) is 6.61 Å². The number of hydrogen-bond acceptors (Lipinski definition) is 4. The van der Waals surface area contributed by atoms with Gasteiger partial charge in [0, 0.05) is 52.4 Å². The van der Waals surface area contributed by atoms with Crippen molar-refractivity contribution in [2.24, 2.45) is 10.9 Å². The molecule has 9 heteroatoms. The second-order valence-electron chi connectivity index (χ2n) is 8.38. The van der Waals surface area contributed by atoms with E-state index in [0.717, 1.165) is 44.2 Å². The van der Waals surface area contributed by atoms with Crippen LogP contribution in [0.3, 0.4) is 0 Å². The van der Waals surface area contributed by atoms with E-state index in [2.05, 4.69) is 46.3 Å². The highest BCUT2D eigenvalue weighted by Gasteiger charge is 2.27. The van der Waals surface area contributed by atoms with Gasteiger partial charge >= 0.3 is 6.18 Å². The molecule has 1 aromatic rings. The summed E-state index contributed by atoms with van der Waals surface area (Å²) in [6, 6.07) is 7.77. The number of alkyl halides is 3. The number of hydrogen-bond donors (Lipinski definition) is 2. The number of likely N-dealkylation sites (N-methyl/N-ethyl adjacent to an activating group) is 1. The van der Waals surface area contributed by atoms with Gasteiger partial charge in [-0.05, 0) is 24.1 Å². The summed E-state index contributed by atoms with van der Waals surface area (Å²) in [5.41, 5.74) is 1.73. The zero-order valence-corrected chi connectivity index (χ0v) is 19.0. The fraction of sp³-hybridized carbons (Fsp3) is 0.682. The van der Waals surface area contributed by atoms with E-state index in [9.17, 15) is 13.2 Å². The van der Waals surface area contributed by atoms with E-state index < -0.39 is 12.8 Å². The lowest BCUT2D eigenvalue weighted by Crippen LogP contribution is -2.55. The molecule has 6 nitrogen and oxygen atoms in total. The summed E-state index contributed by atoms with van der Waals surface area (Å²) in [5.74, 6) is 1.26. The third kappa shape index (κ3) is 9.45. The number of nitrogens with one attached hydrogen (secondary N) is 2. The first-order valence-electron chi connectivity index (χ1n) is 10.8. The van der Waals surface area contributed by atoms with E-state index in [1.54, 1.807) is 19.2 Å². The van der Waals surface area contributed by atoms with Crippen LogP contribution in [0.4, 0.5) is 13.2 Å². The number of piperazine rings is 1. The summed E-state index contributed by atoms with van der Waals surface area (Å²) in [7, 11) is 3.91. The molecule has 0 radical (unpaired) electrons. The maximum atomic E-state index is 12.2. The first kappa shape index (κ1) is 25.4. The van der Waals surface area contributed by atoms with Crippen molar-refractivity contribution >= 4 is 5.96 Å². The molecule has 1 unspecified atom stereocenters. The van der Waals surface area contributed by atoms with Crippen molar-refractivity contribution in [3.05, 3.63) is 35.4 Å². The molecule has 1 aromatic carbocycles. The Bertz CT molecular complexity index is 671. The van der Waals surface area contributed by atoms with Crippen LogP contribution >= 0.6 is 0 Å². The second kappa shape index (κ2) is 12.3. The summed E-state index contributed by atoms with van der Waals surface area (Å²) in [6.45, 7) is 8.94. The number of halogens is 3. The number of rotatable bonds is 9. The van der Waals surface area contributed by atoms with Crippen molar-refractivity contribution in [3.63, 3.8) is 0 Å². The second-order valence-corrected chi connectivity index (χ2v) is 8.38. The zero-order valence-electron chi connectivity index (χ0n) is 19.0. The van der Waals surface area contributed by atoms with E-state index in [1.165, 1.54) is 0 Å². The smallest absolute Gasteiger partial charge is 0.367 e. The van der Waals surface area contributed by atoms with Gasteiger partial charge in [-0.25, -0.2) is 0 Å². The van der Waals surface area contributed by atoms with E-state index >= 15 is 0 Å². The highest BCUT2D eigenvalue weighted by Crippen LogP contribution is 2.16. The molecular weight excluding hydrogens is 407 g/mol. The normalized spacial score (nSPS) is 17.7. The van der Waals surface area contributed by atoms with Crippen LogP contribution in [0, 0.1) is 5.92 Å². The minimum atomic E-state index is -4.30. The van der Waals surface area contributed by atoms with Crippen LogP contribution in [0.2, 0.25) is 0 Å². The fourth-order valence-electron chi connectivity index (χ4n) is 3.59. The van der Waals surface area contributed by atoms with E-state index in [4.69, 9.17) is 4.74 Å². The Hall–Kier alpha value is -1.84. The molecule has 1 fully saturated rings. The molecule has 176 valence electrons. The Morgan fingerprint density at radius 1 is 1.06 bits per heavy atom. The van der Waals surface area contributed by atoms with Crippen molar-refractivity contribution in [2.75, 3.05) is 53.4 Å². The van der Waals surface area contributed by atoms with Crippen molar-refractivity contribution in [1.82, 2.24) is 20.4 Å². The molecule has 2 rings (SSSR count). The molecular formula is C22H36F3N5O. The minimum absolute atomic E-state index is 0.0562. The van der Waals surface area contributed by atoms with Gasteiger partial charge in [0.15, 0.2) is 5.96 Å². The number of aliphatic imine (C=N–C) groups is 1. The molecule has 0 aliphatic carbocycles. The van der Waals surface area contributed by atoms with Crippen molar-refractivity contribution in [3.8, 4) is 0 Å². The van der Waals surface area contributed by atoms with Gasteiger partial charge in [0.25, 0.3) is 0 Å². The van der Waals surface area contributed by atoms with Crippen LogP contribution in [-0.2, 0) is 17.9 Å². The van der Waals surface area contributed by atoms with Gasteiger partial charge in [-0.2, -0.15) is 13.2 Å². The first-order chi connectivity index (χ1) is 14.7. The third-order valence-electron chi connectivity index (χ3n) is 5.50. The molecule has 1 saturated heterocycles. The monoisotopic (exact) mass is 443 g/mol. The Kier molecular flexibility index (Phi) is 10.1. The van der Waals surface area contributed by atoms with Gasteiger partial charge in [-0.1, -0.05) is 38.1 Å². The van der Waals surface area contributed by atoms with E-state index in [0.29, 0.717) is 24.1 Å². The maximum absolute atomic E-state index is 12.2. The van der Waals surface area contributed by atoms with Crippen LogP contribution in [0.25, 0.3) is 0 Å². The highest BCUT2D eigenvalue weighted by atomic mass is 19.4. The SMILES string of the molecule is CN=C(NCc1ccc(COCC(F)(F)F)cc1)NCC(C(C)C)N1CCN(C)CC1. The minimum Gasteiger partial charge on any atom is -0.367 e. The van der Waals surface area contributed by atoms with Crippen molar-refractivity contribution in [1.29, 1.82) is 0 Å². The molecule has 0 spiro atoms. The number of ether oxygens (including phenoxy) is 1. The third-order valence-corrected chi connectivity index (χ3v) is 5.50. The predicted octanol–water partition coefficient (Wildman–Crippen LogP) is 2.70. The van der Waals surface area contributed by atoms with E-state index in [-0.39, 0.29) is 6.61 Å². The summed E-state index contributed by atoms with van der Waals surface area (Å²) >= 11 is 0. The Balaban J connectivity index is 1.78. The Labute approximate surface area is 183 Å². The average Bonchev–Trinajstić information content (AvgIpc) is 2.71. The van der Waals surface area contributed by atoms with E-state index in [1.807, 2.05) is 12.1 Å². The lowest BCUT2D eigenvalue weighted by atomic mass is 10.0. The van der Waals surface area contributed by atoms with Gasteiger partial charge in [0.05, 0.1) is 6.61 Å². The molecule has 1 heterocycles. The van der Waals surface area contributed by atoms with Gasteiger partial charge < -0.3 is 20.3 Å². The van der Waals surface area contributed by atoms with Gasteiger partial charge in [0.2, 0.25) is 0 Å². The molecule has 1 atom stereocenters. The van der Waals surface area contributed by atoms with Crippen LogP contribution in [0.1, 0.15) is 25.0 Å². The van der Waals surface area contributed by atoms with Crippen LogP contribution in [0.5, 0.6) is 0 Å². The molecule has 0 saturated carbocycles. The molecule has 31 heavy (non-hydrogen) atoms. The number of benzene rings is 1. The average molecular weight is 444 g/mol. The Morgan fingerprint density at radius 3 is 2.23 bits per heavy atom. The number of guanidine groups is 1. The summed E-state index contributed by atoms with van der Waals surface area (Å²) in [5, 5.41) is 6.74. The van der Waals surface area contributed by atoms with Gasteiger partial charge in [-0.15, -0.1) is 0 Å². The van der Waals surface area contributed by atoms with Gasteiger partial charge in [-0.3, -0.25) is 9.89 Å². The lowest BCUT2D eigenvalue weighted by Gasteiger charge is -2.40. The fourth-order valence-corrected chi connectivity index (χ4v) is 3.59. The summed E-state index contributed by atoms with van der Waals surface area (Å²) in [6.07, 6.45) is -4.30. The standard InChI is InChI=1S/C22H36F3N5O/c1-17(2)20(30-11-9-29(4)10-12-30)14-28-21(26-3)27-13-18-5-7-19(8-6-18)15-31-16-22(23,24)25/h5-8,17,20H,9-16H2,1-4H3,(H2,26,27,28). The molecule has 2 N–H and O–H groups in total. The van der Waals surface area contributed by atoms with Crippen LogP contribution in [-0.4, -0.2) is 81.4 Å². The highest BCUT2D eigenvalue weighted by molar-refractivity contribution is 5.79. The molecule has 0 bridgehead atoms. The van der Waals surface area contributed by atoms with Crippen molar-refractivity contribution < 1.29 is 17.9 Å². The molecule has 1 aliphatic heterocycles. The molecule has 1 aliphatic rings. The summed E-state index contributed by atoms with van der Waals surface area (Å²) in [4.78, 5) is 9.22. The molecule has 0 amide bonds. The lowest BCUT2D eigenvalue weighted by molar-refractivity contribution is -0.176. The predicted molar refractivity (Wildman–Crippen MR) is 118 cm³/mol. The van der Waals surface area contributed by atoms with Crippen molar-refractivity contribution in [2.45, 2.75) is 39.2 Å². The molecule has 0 aromatic heterocycles. The van der Waals surface area contributed by atoms with Crippen LogP contribution in [0.15, 0.2) is 29.3 Å². The largest absolute Gasteiger partial charge is 0.411 e. The van der Waals surface area contributed by atoms with Crippen LogP contribution < -0.4 is 10.6 Å². The Morgan fingerprint density at radius 2 is 1.68 bits per heavy atom. The maximum Gasteiger partial charge on any atom is 0.411 e. The first-order valence-corrected chi connectivity index (χ1v) is 10.8. The quantitative estimate of drug-likeness (QED) is 0.454. The topological polar surface area (TPSA) is 52.1 Å². The number of nitrogens with zero attached hydrogens (tertiary/aromatic N) is 3. The summed E-state index contributed by atoms with van der Waals surface area (Å²) < 4.78 is 41.2.